The Balaban J connectivity index is 1.56. The average molecular weight is 539 g/mol. The normalized spacial score (nSPS) is 11.4. The van der Waals surface area contributed by atoms with Gasteiger partial charge in [0.25, 0.3) is 0 Å². The number of carbonyl (C=O) groups excluding carboxylic acids is 2. The lowest BCUT2D eigenvalue weighted by molar-refractivity contribution is -0.116. The molecule has 0 atom stereocenters. The number of methoxy groups -OCH3 is 1. The molecule has 1 N–H and O–H groups in total. The fraction of sp³-hybridized carbons (Fsp3) is 0.185. The van der Waals surface area contributed by atoms with Gasteiger partial charge in [-0.05, 0) is 66.4 Å². The summed E-state index contributed by atoms with van der Waals surface area (Å²) in [5.74, 6) is -0.357. The molecule has 3 aromatic carbocycles. The van der Waals surface area contributed by atoms with Crippen molar-refractivity contribution in [3.8, 4) is 5.75 Å². The lowest BCUT2D eigenvalue weighted by Crippen LogP contribution is -2.37. The van der Waals surface area contributed by atoms with Crippen LogP contribution in [-0.2, 0) is 26.1 Å². The van der Waals surface area contributed by atoms with Crippen LogP contribution in [0.5, 0.6) is 5.75 Å². The van der Waals surface area contributed by atoms with E-state index >= 15 is 0 Å². The first-order chi connectivity index (χ1) is 17.8. The molecule has 4 aromatic rings. The first-order valence-electron chi connectivity index (χ1n) is 11.5. The molecule has 0 aliphatic heterocycles. The Morgan fingerprint density at radius 2 is 1.70 bits per heavy atom. The molecule has 37 heavy (non-hydrogen) atoms. The van der Waals surface area contributed by atoms with Crippen molar-refractivity contribution in [2.45, 2.75) is 18.4 Å². The van der Waals surface area contributed by atoms with E-state index < -0.39 is 21.9 Å². The predicted octanol–water partition coefficient (Wildman–Crippen LogP) is 4.92. The molecule has 0 saturated carbocycles. The van der Waals surface area contributed by atoms with Gasteiger partial charge in [0.05, 0.1) is 25.2 Å². The summed E-state index contributed by atoms with van der Waals surface area (Å²) in [7, 11) is -2.67. The van der Waals surface area contributed by atoms with Crippen LogP contribution in [0.3, 0.4) is 0 Å². The van der Waals surface area contributed by atoms with Crippen LogP contribution < -0.4 is 10.1 Å². The largest absolute Gasteiger partial charge is 0.494 e. The second-order valence-corrected chi connectivity index (χ2v) is 11.1. The number of esters is 1. The molecule has 0 spiro atoms. The number of ether oxygens (including phenoxy) is 2. The van der Waals surface area contributed by atoms with Gasteiger partial charge in [-0.1, -0.05) is 30.3 Å². The Kier molecular flexibility index (Phi) is 8.22. The molecule has 192 valence electrons. The van der Waals surface area contributed by atoms with Crippen molar-refractivity contribution in [2.24, 2.45) is 0 Å². The zero-order valence-corrected chi connectivity index (χ0v) is 22.0. The molecular weight excluding hydrogens is 512 g/mol. The van der Waals surface area contributed by atoms with E-state index in [1.807, 2.05) is 37.3 Å². The summed E-state index contributed by atoms with van der Waals surface area (Å²) in [5, 5.41) is 3.55. The lowest BCUT2D eigenvalue weighted by atomic mass is 10.2. The Morgan fingerprint density at radius 1 is 0.973 bits per heavy atom. The number of carbonyl (C=O) groups is 2. The summed E-state index contributed by atoms with van der Waals surface area (Å²) in [6.45, 7) is 1.95. The summed E-state index contributed by atoms with van der Waals surface area (Å²) >= 11 is 1.29. The number of hydrogen-bond acceptors (Lipinski definition) is 7. The van der Waals surface area contributed by atoms with Crippen molar-refractivity contribution in [1.82, 2.24) is 4.31 Å². The molecule has 0 aliphatic carbocycles. The monoisotopic (exact) mass is 538 g/mol. The first kappa shape index (κ1) is 26.3. The number of thiophene rings is 1. The topological polar surface area (TPSA) is 102 Å². The van der Waals surface area contributed by atoms with Gasteiger partial charge in [0, 0.05) is 16.9 Å². The van der Waals surface area contributed by atoms with Crippen LogP contribution >= 0.6 is 11.3 Å². The molecule has 0 fully saturated rings. The molecule has 10 heteroatoms. The third-order valence-corrected chi connectivity index (χ3v) is 8.38. The van der Waals surface area contributed by atoms with Gasteiger partial charge < -0.3 is 14.8 Å². The van der Waals surface area contributed by atoms with E-state index in [2.05, 4.69) is 5.32 Å². The molecule has 0 aliphatic rings. The number of rotatable bonds is 10. The predicted molar refractivity (Wildman–Crippen MR) is 143 cm³/mol. The molecule has 0 radical (unpaired) electrons. The van der Waals surface area contributed by atoms with E-state index in [4.69, 9.17) is 9.47 Å². The molecule has 1 heterocycles. The number of benzene rings is 3. The maximum Gasteiger partial charge on any atom is 0.348 e. The highest BCUT2D eigenvalue weighted by Crippen LogP contribution is 2.29. The van der Waals surface area contributed by atoms with E-state index in [0.29, 0.717) is 22.9 Å². The average Bonchev–Trinajstić information content (AvgIpc) is 3.32. The lowest BCUT2D eigenvalue weighted by Gasteiger charge is -2.22. The van der Waals surface area contributed by atoms with Gasteiger partial charge in [0.15, 0.2) is 0 Å². The first-order valence-corrected chi connectivity index (χ1v) is 13.7. The summed E-state index contributed by atoms with van der Waals surface area (Å²) in [6.07, 6.45) is 0. The Labute approximate surface area is 219 Å². The molecular formula is C27H26N2O6S2. The number of fused-ring (bicyclic) bond motifs is 1. The minimum Gasteiger partial charge on any atom is -0.494 e. The highest BCUT2D eigenvalue weighted by molar-refractivity contribution is 7.89. The van der Waals surface area contributed by atoms with Crippen molar-refractivity contribution in [1.29, 1.82) is 0 Å². The molecule has 0 unspecified atom stereocenters. The van der Waals surface area contributed by atoms with Gasteiger partial charge >= 0.3 is 5.97 Å². The Hall–Kier alpha value is -3.73. The maximum atomic E-state index is 13.5. The third kappa shape index (κ3) is 6.34. The molecule has 8 nitrogen and oxygen atoms in total. The number of nitrogens with zero attached hydrogens (tertiary/aromatic N) is 1. The Morgan fingerprint density at radius 3 is 2.38 bits per heavy atom. The second kappa shape index (κ2) is 11.5. The van der Waals surface area contributed by atoms with Crippen LogP contribution in [0.2, 0.25) is 0 Å². The van der Waals surface area contributed by atoms with E-state index in [-0.39, 0.29) is 18.0 Å². The van der Waals surface area contributed by atoms with Crippen LogP contribution in [0, 0.1) is 0 Å². The molecule has 1 aromatic heterocycles. The summed E-state index contributed by atoms with van der Waals surface area (Å²) < 4.78 is 39.2. The summed E-state index contributed by atoms with van der Waals surface area (Å²) in [6, 6.07) is 22.1. The highest BCUT2D eigenvalue weighted by atomic mass is 32.2. The number of anilines is 1. The Bertz CT molecular complexity index is 1500. The molecule has 4 rings (SSSR count). The third-order valence-electron chi connectivity index (χ3n) is 5.48. The fourth-order valence-electron chi connectivity index (χ4n) is 3.72. The summed E-state index contributed by atoms with van der Waals surface area (Å²) in [5.41, 5.74) is 1.24. The minimum atomic E-state index is -3.99. The van der Waals surface area contributed by atoms with Crippen molar-refractivity contribution >= 4 is 49.0 Å². The zero-order valence-electron chi connectivity index (χ0n) is 20.3. The van der Waals surface area contributed by atoms with Crippen molar-refractivity contribution in [3.05, 3.63) is 89.3 Å². The van der Waals surface area contributed by atoms with Crippen LogP contribution in [0.15, 0.2) is 83.8 Å². The zero-order chi connectivity index (χ0) is 26.4. The fourth-order valence-corrected chi connectivity index (χ4v) is 6.07. The van der Waals surface area contributed by atoms with E-state index in [1.165, 1.54) is 30.6 Å². The van der Waals surface area contributed by atoms with E-state index in [1.54, 1.807) is 36.4 Å². The number of sulfonamides is 1. The summed E-state index contributed by atoms with van der Waals surface area (Å²) in [4.78, 5) is 25.4. The van der Waals surface area contributed by atoms with Gasteiger partial charge in [-0.15, -0.1) is 11.3 Å². The quantitative estimate of drug-likeness (QED) is 0.288. The van der Waals surface area contributed by atoms with Gasteiger partial charge in [-0.25, -0.2) is 13.2 Å². The highest BCUT2D eigenvalue weighted by Gasteiger charge is 2.27. The van der Waals surface area contributed by atoms with E-state index in [0.717, 1.165) is 20.0 Å². The molecule has 0 bridgehead atoms. The number of amides is 1. The van der Waals surface area contributed by atoms with Gasteiger partial charge in [-0.2, -0.15) is 4.31 Å². The minimum absolute atomic E-state index is 0.0237. The van der Waals surface area contributed by atoms with Gasteiger partial charge in [0.2, 0.25) is 15.9 Å². The van der Waals surface area contributed by atoms with Crippen molar-refractivity contribution in [2.75, 3.05) is 25.6 Å². The molecule has 1 amide bonds. The van der Waals surface area contributed by atoms with Gasteiger partial charge in [-0.3, -0.25) is 4.79 Å². The SMILES string of the molecule is CCOc1ccc(S(=O)(=O)N(CC(=O)Nc2ccc3sc(C(=O)OC)cc3c2)Cc2ccccc2)cc1. The van der Waals surface area contributed by atoms with E-state index in [9.17, 15) is 18.0 Å². The van der Waals surface area contributed by atoms with Crippen LogP contribution in [0.1, 0.15) is 22.2 Å². The van der Waals surface area contributed by atoms with Gasteiger partial charge in [0.1, 0.15) is 10.6 Å². The van der Waals surface area contributed by atoms with Crippen LogP contribution in [0.25, 0.3) is 10.1 Å². The second-order valence-electron chi connectivity index (χ2n) is 8.07. The van der Waals surface area contributed by atoms with Crippen LogP contribution in [-0.4, -0.2) is 44.9 Å². The maximum absolute atomic E-state index is 13.5. The number of nitrogens with one attached hydrogen (secondary N) is 1. The molecule has 0 saturated heterocycles. The number of hydrogen-bond donors (Lipinski definition) is 1. The van der Waals surface area contributed by atoms with Crippen molar-refractivity contribution in [3.63, 3.8) is 0 Å². The van der Waals surface area contributed by atoms with Crippen molar-refractivity contribution < 1.29 is 27.5 Å². The standard InChI is InChI=1S/C27H26N2O6S2/c1-3-35-22-10-12-23(13-11-22)37(32,33)29(17-19-7-5-4-6-8-19)18-26(30)28-21-9-14-24-20(15-21)16-25(36-24)27(31)34-2/h4-16H,3,17-18H2,1-2H3,(H,28,30). The smallest absolute Gasteiger partial charge is 0.348 e. The van der Waals surface area contributed by atoms with Crippen LogP contribution in [0.4, 0.5) is 5.69 Å².